The third-order valence-corrected chi connectivity index (χ3v) is 6.42. The van der Waals surface area contributed by atoms with E-state index >= 15 is 0 Å². The number of nitrogens with one attached hydrogen (secondary N) is 4. The molecular formula is C27H29N7O5. The van der Waals surface area contributed by atoms with E-state index in [1.54, 1.807) is 53.2 Å². The van der Waals surface area contributed by atoms with E-state index in [2.05, 4.69) is 31.6 Å². The summed E-state index contributed by atoms with van der Waals surface area (Å²) in [5, 5.41) is 18.9. The second kappa shape index (κ2) is 11.3. The fourth-order valence-electron chi connectivity index (χ4n) is 4.25. The number of rotatable bonds is 11. The zero-order valence-electron chi connectivity index (χ0n) is 21.4. The second-order valence-electron chi connectivity index (χ2n) is 9.37. The van der Waals surface area contributed by atoms with Crippen LogP contribution in [0.5, 0.6) is 5.75 Å². The van der Waals surface area contributed by atoms with E-state index < -0.39 is 12.1 Å². The number of aromatic nitrogens is 3. The molecule has 1 unspecified atom stereocenters. The van der Waals surface area contributed by atoms with E-state index in [1.807, 2.05) is 6.92 Å². The van der Waals surface area contributed by atoms with Crippen LogP contribution < -0.4 is 26.0 Å². The molecule has 12 nitrogen and oxygen atoms in total. The lowest BCUT2D eigenvalue weighted by atomic mass is 10.1. The van der Waals surface area contributed by atoms with Gasteiger partial charge in [0, 0.05) is 18.2 Å². The standard InChI is InChI=1S/C27H29N7O5/c1-2-28-24(35)17-5-11-19(12-6-17)34-21(23(32-33-34)26(37)29-18-9-10-18)4-3-15-39-20-13-7-16(8-14-20)22-25(36)31-27(38)30-22/h5-8,11-14,18,22H,2-4,9-10,15H2,1H3,(H,28,35)(H,29,37)(H2,30,31,36,38). The first kappa shape index (κ1) is 25.9. The van der Waals surface area contributed by atoms with Gasteiger partial charge in [0.1, 0.15) is 11.8 Å². The molecule has 3 aromatic rings. The van der Waals surface area contributed by atoms with Crippen LogP contribution in [-0.2, 0) is 11.2 Å². The van der Waals surface area contributed by atoms with Crippen molar-refractivity contribution < 1.29 is 23.9 Å². The van der Waals surface area contributed by atoms with Gasteiger partial charge in [-0.3, -0.25) is 19.7 Å². The van der Waals surface area contributed by atoms with Crippen LogP contribution in [0.2, 0.25) is 0 Å². The average molecular weight is 532 g/mol. The molecule has 1 atom stereocenters. The first-order valence-electron chi connectivity index (χ1n) is 12.9. The highest BCUT2D eigenvalue weighted by molar-refractivity contribution is 6.04. The van der Waals surface area contributed by atoms with E-state index in [1.165, 1.54) is 0 Å². The SMILES string of the molecule is CCNC(=O)c1ccc(-n2nnc(C(=O)NC3CC3)c2CCCOc2ccc(C3NC(=O)NC3=O)cc2)cc1. The number of carbonyl (C=O) groups is 4. The Balaban J connectivity index is 1.25. The van der Waals surface area contributed by atoms with Crippen molar-refractivity contribution in [3.05, 3.63) is 71.0 Å². The number of imide groups is 1. The fourth-order valence-corrected chi connectivity index (χ4v) is 4.25. The van der Waals surface area contributed by atoms with Gasteiger partial charge in [-0.2, -0.15) is 0 Å². The molecule has 202 valence electrons. The van der Waals surface area contributed by atoms with E-state index in [9.17, 15) is 19.2 Å². The summed E-state index contributed by atoms with van der Waals surface area (Å²) in [5.74, 6) is -0.187. The molecule has 1 aromatic heterocycles. The highest BCUT2D eigenvalue weighted by Gasteiger charge is 2.31. The van der Waals surface area contributed by atoms with E-state index in [0.29, 0.717) is 54.3 Å². The third kappa shape index (κ3) is 6.06. The molecule has 12 heteroatoms. The molecule has 4 N–H and O–H groups in total. The average Bonchev–Trinajstić information content (AvgIpc) is 3.54. The van der Waals surface area contributed by atoms with Crippen molar-refractivity contribution >= 4 is 23.8 Å². The highest BCUT2D eigenvalue weighted by atomic mass is 16.5. The lowest BCUT2D eigenvalue weighted by molar-refractivity contribution is -0.120. The minimum Gasteiger partial charge on any atom is -0.494 e. The number of nitrogens with zero attached hydrogens (tertiary/aromatic N) is 3. The Labute approximate surface area is 224 Å². The Kier molecular flexibility index (Phi) is 7.53. The molecule has 5 rings (SSSR count). The van der Waals surface area contributed by atoms with Crippen molar-refractivity contribution in [2.45, 2.75) is 44.7 Å². The molecule has 0 bridgehead atoms. The summed E-state index contributed by atoms with van der Waals surface area (Å²) in [5.41, 5.74) is 2.81. The smallest absolute Gasteiger partial charge is 0.322 e. The molecule has 39 heavy (non-hydrogen) atoms. The molecule has 2 aromatic carbocycles. The number of urea groups is 1. The molecule has 1 saturated heterocycles. The summed E-state index contributed by atoms with van der Waals surface area (Å²) in [6, 6.07) is 12.9. The van der Waals surface area contributed by atoms with Crippen LogP contribution in [0.3, 0.4) is 0 Å². The second-order valence-corrected chi connectivity index (χ2v) is 9.37. The Hall–Kier alpha value is -4.74. The maximum absolute atomic E-state index is 12.8. The van der Waals surface area contributed by atoms with Gasteiger partial charge in [-0.15, -0.1) is 5.10 Å². The van der Waals surface area contributed by atoms with Crippen molar-refractivity contribution in [1.82, 2.24) is 36.3 Å². The highest BCUT2D eigenvalue weighted by Crippen LogP contribution is 2.22. The van der Waals surface area contributed by atoms with Crippen LogP contribution in [-0.4, -0.2) is 57.9 Å². The first-order valence-corrected chi connectivity index (χ1v) is 12.9. The van der Waals surface area contributed by atoms with Crippen LogP contribution in [0.4, 0.5) is 4.79 Å². The van der Waals surface area contributed by atoms with Gasteiger partial charge < -0.3 is 20.7 Å². The maximum atomic E-state index is 12.8. The van der Waals surface area contributed by atoms with Gasteiger partial charge in [0.25, 0.3) is 17.7 Å². The number of carbonyl (C=O) groups excluding carboxylic acids is 4. The van der Waals surface area contributed by atoms with Crippen LogP contribution in [0, 0.1) is 0 Å². The quantitative estimate of drug-likeness (QED) is 0.217. The minimum atomic E-state index is -0.713. The summed E-state index contributed by atoms with van der Waals surface area (Å²) in [6.07, 6.45) is 2.98. The molecule has 2 aliphatic rings. The van der Waals surface area contributed by atoms with Crippen molar-refractivity contribution in [3.8, 4) is 11.4 Å². The minimum absolute atomic E-state index is 0.159. The summed E-state index contributed by atoms with van der Waals surface area (Å²) in [7, 11) is 0. The zero-order chi connectivity index (χ0) is 27.4. The molecule has 1 saturated carbocycles. The van der Waals surface area contributed by atoms with Crippen molar-refractivity contribution in [3.63, 3.8) is 0 Å². The molecule has 0 radical (unpaired) electrons. The van der Waals surface area contributed by atoms with Crippen molar-refractivity contribution in [1.29, 1.82) is 0 Å². The topological polar surface area (TPSA) is 156 Å². The van der Waals surface area contributed by atoms with Gasteiger partial charge in [-0.1, -0.05) is 17.3 Å². The van der Waals surface area contributed by atoms with E-state index in [-0.39, 0.29) is 29.5 Å². The Morgan fingerprint density at radius 2 is 1.79 bits per heavy atom. The third-order valence-electron chi connectivity index (χ3n) is 6.42. The largest absolute Gasteiger partial charge is 0.494 e. The molecule has 1 aliphatic carbocycles. The molecule has 0 spiro atoms. The molecule has 2 fully saturated rings. The van der Waals surface area contributed by atoms with Gasteiger partial charge in [0.05, 0.1) is 18.0 Å². The number of ether oxygens (including phenoxy) is 1. The van der Waals surface area contributed by atoms with E-state index in [0.717, 1.165) is 12.8 Å². The molecular weight excluding hydrogens is 502 g/mol. The predicted octanol–water partition coefficient (Wildman–Crippen LogP) is 1.80. The zero-order valence-corrected chi connectivity index (χ0v) is 21.4. The normalized spacial score (nSPS) is 16.4. The number of amides is 5. The molecule has 1 aliphatic heterocycles. The monoisotopic (exact) mass is 531 g/mol. The Bertz CT molecular complexity index is 1380. The maximum Gasteiger partial charge on any atom is 0.322 e. The van der Waals surface area contributed by atoms with Gasteiger partial charge in [-0.25, -0.2) is 9.48 Å². The Morgan fingerprint density at radius 3 is 2.44 bits per heavy atom. The van der Waals surface area contributed by atoms with E-state index in [4.69, 9.17) is 4.74 Å². The van der Waals surface area contributed by atoms with Crippen LogP contribution in [0.15, 0.2) is 48.5 Å². The van der Waals surface area contributed by atoms with Gasteiger partial charge >= 0.3 is 6.03 Å². The summed E-state index contributed by atoms with van der Waals surface area (Å²) in [4.78, 5) is 48.2. The van der Waals surface area contributed by atoms with Gasteiger partial charge in [-0.05, 0) is 74.6 Å². The van der Waals surface area contributed by atoms with Gasteiger partial charge in [0.15, 0.2) is 5.69 Å². The van der Waals surface area contributed by atoms with Crippen LogP contribution in [0.25, 0.3) is 5.69 Å². The lowest BCUT2D eigenvalue weighted by Crippen LogP contribution is -2.27. The first-order chi connectivity index (χ1) is 18.9. The van der Waals surface area contributed by atoms with Crippen LogP contribution in [0.1, 0.15) is 64.3 Å². The summed E-state index contributed by atoms with van der Waals surface area (Å²) >= 11 is 0. The predicted molar refractivity (Wildman–Crippen MR) is 140 cm³/mol. The summed E-state index contributed by atoms with van der Waals surface area (Å²) < 4.78 is 7.50. The summed E-state index contributed by atoms with van der Waals surface area (Å²) in [6.45, 7) is 2.76. The molecule has 2 heterocycles. The fraction of sp³-hybridized carbons (Fsp3) is 0.333. The number of benzene rings is 2. The van der Waals surface area contributed by atoms with Crippen molar-refractivity contribution in [2.24, 2.45) is 0 Å². The number of hydrogen-bond acceptors (Lipinski definition) is 7. The van der Waals surface area contributed by atoms with Crippen LogP contribution >= 0.6 is 0 Å². The number of hydrogen-bond donors (Lipinski definition) is 4. The Morgan fingerprint density at radius 1 is 1.05 bits per heavy atom. The lowest BCUT2D eigenvalue weighted by Gasteiger charge is -2.11. The van der Waals surface area contributed by atoms with Crippen molar-refractivity contribution in [2.75, 3.05) is 13.2 Å². The van der Waals surface area contributed by atoms with Gasteiger partial charge in [0.2, 0.25) is 0 Å². The molecule has 5 amide bonds.